The summed E-state index contributed by atoms with van der Waals surface area (Å²) in [6.07, 6.45) is -5.63. The largest absolute Gasteiger partial charge is 0.747 e. The lowest BCUT2D eigenvalue weighted by Crippen LogP contribution is -2.62. The fraction of sp³-hybridized carbons (Fsp3) is 0.810. The van der Waals surface area contributed by atoms with Gasteiger partial charge in [-0.15, -0.1) is 0 Å². The monoisotopic (exact) mass is 1630 g/mol. The van der Waals surface area contributed by atoms with Gasteiger partial charge in [-0.25, -0.2) is 42.1 Å². The molecular formula is C58H105N16O28S5-5. The van der Waals surface area contributed by atoms with Gasteiger partial charge in [0.1, 0.15) is 111 Å². The summed E-state index contributed by atoms with van der Waals surface area (Å²) in [6, 6.07) is -18.8. The average molecular weight is 1630 g/mol. The third-order valence-electron chi connectivity index (χ3n) is 15.8. The van der Waals surface area contributed by atoms with Crippen LogP contribution in [0.15, 0.2) is 0 Å². The van der Waals surface area contributed by atoms with Crippen LogP contribution in [0.5, 0.6) is 0 Å². The zero-order valence-corrected chi connectivity index (χ0v) is 64.8. The van der Waals surface area contributed by atoms with E-state index >= 15 is 0 Å². The topological polar surface area (TPSA) is 707 Å². The first-order valence-corrected chi connectivity index (χ1v) is 42.2. The molecule has 0 saturated carbocycles. The molecule has 0 spiro atoms. The maximum Gasteiger partial charge on any atom is 0.245 e. The molecule has 1 heterocycles. The van der Waals surface area contributed by atoms with Gasteiger partial charge in [-0.3, -0.25) is 52.7 Å². The van der Waals surface area contributed by atoms with Gasteiger partial charge in [-0.2, -0.15) is 0 Å². The lowest BCUT2D eigenvalue weighted by atomic mass is 9.99. The maximum absolute atomic E-state index is 14.9. The molecule has 1 aliphatic rings. The number of nitrogens with one attached hydrogen (secondary N) is 16. The zero-order valence-electron chi connectivity index (χ0n) is 60.7. The van der Waals surface area contributed by atoms with Crippen LogP contribution in [0, 0.1) is 17.8 Å². The Kier molecular flexibility index (Phi) is 44.3. The molecule has 0 bridgehead atoms. The van der Waals surface area contributed by atoms with Gasteiger partial charge in [0.2, 0.25) is 65.0 Å². The van der Waals surface area contributed by atoms with Crippen LogP contribution in [0.25, 0.3) is 0 Å². The van der Waals surface area contributed by atoms with E-state index in [9.17, 15) is 128 Å². The smallest absolute Gasteiger partial charge is 0.245 e. The Morgan fingerprint density at radius 3 is 1.19 bits per heavy atom. The van der Waals surface area contributed by atoms with Gasteiger partial charge in [0.15, 0.2) is 0 Å². The van der Waals surface area contributed by atoms with Crippen molar-refractivity contribution in [3.63, 3.8) is 0 Å². The summed E-state index contributed by atoms with van der Waals surface area (Å²) in [7, 11) is -24.8. The van der Waals surface area contributed by atoms with Crippen molar-refractivity contribution >= 4 is 116 Å². The molecule has 1 aliphatic heterocycles. The highest BCUT2D eigenvalue weighted by atomic mass is 32.2. The minimum atomic E-state index is -5.03. The van der Waals surface area contributed by atoms with E-state index in [4.69, 9.17) is 0 Å². The summed E-state index contributed by atoms with van der Waals surface area (Å²) in [4.78, 5) is 158. The van der Waals surface area contributed by atoms with Crippen LogP contribution in [-0.2, 0) is 103 Å². The Balaban J connectivity index is 4.33. The van der Waals surface area contributed by atoms with Gasteiger partial charge in [0.25, 0.3) is 0 Å². The second-order valence-electron chi connectivity index (χ2n) is 26.6. The Morgan fingerprint density at radius 2 is 0.813 bits per heavy atom. The molecule has 11 amide bonds. The zero-order chi connectivity index (χ0) is 81.8. The predicted octanol–water partition coefficient (Wildman–Crippen LogP) is -9.77. The van der Waals surface area contributed by atoms with Crippen molar-refractivity contribution in [2.45, 2.75) is 211 Å². The summed E-state index contributed by atoms with van der Waals surface area (Å²) in [5.41, 5.74) is 0. The van der Waals surface area contributed by atoms with E-state index in [1.807, 2.05) is 13.8 Å². The molecule has 18 N–H and O–H groups in total. The first-order chi connectivity index (χ1) is 49.4. The number of carbonyl (C=O) groups excluding carboxylic acids is 11. The molecule has 620 valence electrons. The molecule has 13 atom stereocenters. The fourth-order valence-corrected chi connectivity index (χ4v) is 12.1. The van der Waals surface area contributed by atoms with Crippen LogP contribution in [0.1, 0.15) is 139 Å². The van der Waals surface area contributed by atoms with E-state index < -0.39 is 307 Å². The molecule has 49 heteroatoms. The van der Waals surface area contributed by atoms with E-state index in [-0.39, 0.29) is 19.3 Å². The lowest BCUT2D eigenvalue weighted by molar-refractivity contribution is -0.137. The fourth-order valence-electron chi connectivity index (χ4n) is 10.1. The summed E-state index contributed by atoms with van der Waals surface area (Å²) < 4.78 is 173. The number of aliphatic hydroxyl groups is 2. The number of unbranched alkanes of at least 4 members (excludes halogenated alkanes) is 1. The summed E-state index contributed by atoms with van der Waals surface area (Å²) >= 11 is 0. The third kappa shape index (κ3) is 45.3. The summed E-state index contributed by atoms with van der Waals surface area (Å²) in [6.45, 7) is 8.83. The second-order valence-corrected chi connectivity index (χ2v) is 33.6. The molecule has 44 nitrogen and oxygen atoms in total. The minimum absolute atomic E-state index is 0.103. The molecular weight excluding hydrogens is 1530 g/mol. The lowest BCUT2D eigenvalue weighted by Gasteiger charge is -2.29. The van der Waals surface area contributed by atoms with Crippen LogP contribution in [0.2, 0.25) is 0 Å². The van der Waals surface area contributed by atoms with Crippen LogP contribution in [0.4, 0.5) is 0 Å². The number of hydrogen-bond donors (Lipinski definition) is 18. The van der Waals surface area contributed by atoms with Gasteiger partial charge in [-0.05, 0) is 122 Å². The molecule has 0 aromatic carbocycles. The van der Waals surface area contributed by atoms with E-state index in [2.05, 4.69) is 85.1 Å². The quantitative estimate of drug-likeness (QED) is 0.0199. The normalized spacial score (nSPS) is 21.5. The van der Waals surface area contributed by atoms with Crippen molar-refractivity contribution in [3.8, 4) is 0 Å². The van der Waals surface area contributed by atoms with E-state index in [0.717, 1.165) is 26.7 Å². The molecule has 107 heavy (non-hydrogen) atoms. The maximum atomic E-state index is 14.9. The molecule has 0 unspecified atom stereocenters. The highest BCUT2D eigenvalue weighted by Gasteiger charge is 2.38. The van der Waals surface area contributed by atoms with Gasteiger partial charge in [0, 0.05) is 13.0 Å². The van der Waals surface area contributed by atoms with E-state index in [1.54, 1.807) is 27.7 Å². The van der Waals surface area contributed by atoms with E-state index in [1.165, 1.54) is 0 Å². The van der Waals surface area contributed by atoms with Crippen molar-refractivity contribution in [3.05, 3.63) is 0 Å². The first kappa shape index (κ1) is 98.4. The van der Waals surface area contributed by atoms with Crippen molar-refractivity contribution in [2.75, 3.05) is 68.7 Å². The molecule has 0 radical (unpaired) electrons. The summed E-state index contributed by atoms with van der Waals surface area (Å²) in [5, 5.41) is 59.0. The Bertz CT molecular complexity index is 3520. The van der Waals surface area contributed by atoms with Crippen LogP contribution < -0.4 is 85.1 Å². The number of rotatable bonds is 44. The molecule has 1 rings (SSSR count). The Labute approximate surface area is 623 Å². The molecule has 0 aromatic rings. The van der Waals surface area contributed by atoms with Gasteiger partial charge in [0.05, 0.1) is 41.6 Å². The number of amides is 11. The second kappa shape index (κ2) is 48.2. The van der Waals surface area contributed by atoms with Crippen molar-refractivity contribution in [1.82, 2.24) is 85.1 Å². The Hall–Kier alpha value is -6.56. The first-order valence-electron chi connectivity index (χ1n) is 34.3. The van der Waals surface area contributed by atoms with Crippen LogP contribution in [0.3, 0.4) is 0 Å². The summed E-state index contributed by atoms with van der Waals surface area (Å²) in [5.74, 6) is -20.0. The Morgan fingerprint density at radius 1 is 0.449 bits per heavy atom. The number of hydrogen-bond acceptors (Lipinski definition) is 33. The minimum Gasteiger partial charge on any atom is -0.747 e. The van der Waals surface area contributed by atoms with Gasteiger partial charge in [-0.1, -0.05) is 60.8 Å². The molecule has 1 saturated heterocycles. The predicted molar refractivity (Wildman–Crippen MR) is 373 cm³/mol. The average Bonchev–Trinajstić information content (AvgIpc) is 1.17. The van der Waals surface area contributed by atoms with E-state index in [0.29, 0.717) is 18.8 Å². The SMILES string of the molecule is CC[C@@H](C)CCCCC(=O)N[C@@H](CCNCS(=O)(=O)[O-])C(=O)N[C@H](C(=O)N[C@@H](CCNCS(=O)(=O)[O-])C(=O)N[C@H]1CCNC(=O)[C@H]([C@@H](C)O)NC(=O)[C@H](CCNCS(=O)(=O)[O-])NC(=O)[C@H](CCNCS(=O)(=O)[O-])NC(=O)[C@H](CC(C)C)NC(=O)[C@@H](CC(C)C)NC(=O)[C@H](CCNCS(=O)(=O)[O-])NC1=O)[C@@H](C)O. The van der Waals surface area contributed by atoms with Crippen molar-refractivity contribution in [2.24, 2.45) is 17.8 Å². The van der Waals surface area contributed by atoms with Crippen molar-refractivity contribution in [1.29, 1.82) is 0 Å². The van der Waals surface area contributed by atoms with Gasteiger partial charge < -0.3 is 118 Å². The molecule has 1 fully saturated rings. The standard InChI is InChI=1S/C58H110N16O28S5/c1-9-35(6)12-10-11-13-46(77)65-38(14-20-59-28-103(88,89)90)53(82)74-48(37(8)76)58(87)70-41(17-23-62-31-106(97,98)99)50(79)68-43-19-25-64-57(86)47(36(7)75)73-54(83)42(18-24-63-32-107(100,101)102)67-49(78)39(15-21-60-29-104(91,92)93)69-55(84)44(26-33(2)3)72-56(85)45(27-34(4)5)71-52(81)40(66-51(43)80)16-22-61-30-105(94,95)96/h33-45,47-48,59-63,75-76H,9-32H2,1-8H3,(H,64,86)(H,65,77)(H,66,80)(H,67,78)(H,68,79)(H,69,84)(H,70,87)(H,71,81)(H,72,85)(H,73,83)(H,74,82)(H,88,89,90)(H,91,92,93)(H,94,95,96)(H,97,98,99)(H,100,101,102)/p-5/t35-,36-,37-,38+,39+,40+,41+,42+,43+,44+,45-,47+,48+/m1/s1. The molecule has 0 aliphatic carbocycles. The highest BCUT2D eigenvalue weighted by Crippen LogP contribution is 2.15. The highest BCUT2D eigenvalue weighted by molar-refractivity contribution is 7.86. The third-order valence-corrected chi connectivity index (χ3v) is 18.6. The van der Waals surface area contributed by atoms with Crippen LogP contribution >= 0.6 is 0 Å². The van der Waals surface area contributed by atoms with Crippen molar-refractivity contribution < 1.29 is 128 Å². The van der Waals surface area contributed by atoms with Gasteiger partial charge >= 0.3 is 0 Å². The van der Waals surface area contributed by atoms with Crippen LogP contribution in [-0.4, -0.2) is 281 Å². The molecule has 0 aromatic heterocycles. The number of aliphatic hydroxyl groups excluding tert-OH is 2. The number of carbonyl (C=O) groups is 11.